The molecule has 1 N–H and O–H groups in total. The second-order valence-electron chi connectivity index (χ2n) is 5.71. The molecule has 90 valence electrons. The highest BCUT2D eigenvalue weighted by Crippen LogP contribution is 2.46. The largest absolute Gasteiger partial charge is 0.386 e. The molecule has 2 aliphatic carbocycles. The SMILES string of the molecule is OC1(C2CC2)CN(c2ncnc3c2CCC3)C1. The molecule has 2 fully saturated rings. The predicted octanol–water partition coefficient (Wildman–Crippen LogP) is 0.926. The Morgan fingerprint density at radius 3 is 2.82 bits per heavy atom. The number of aryl methyl sites for hydroxylation is 1. The van der Waals surface area contributed by atoms with Crippen LogP contribution in [-0.2, 0) is 12.8 Å². The van der Waals surface area contributed by atoms with Crippen LogP contribution in [0.4, 0.5) is 5.82 Å². The summed E-state index contributed by atoms with van der Waals surface area (Å²) in [4.78, 5) is 11.0. The van der Waals surface area contributed by atoms with Crippen molar-refractivity contribution in [2.45, 2.75) is 37.7 Å². The Kier molecular flexibility index (Phi) is 1.85. The molecule has 1 aromatic heterocycles. The van der Waals surface area contributed by atoms with E-state index in [2.05, 4.69) is 14.9 Å². The molecule has 0 aromatic carbocycles. The first kappa shape index (κ1) is 9.83. The first-order valence-corrected chi connectivity index (χ1v) is 6.56. The number of rotatable bonds is 2. The van der Waals surface area contributed by atoms with Crippen LogP contribution in [0.2, 0.25) is 0 Å². The average Bonchev–Trinajstić information content (AvgIpc) is 3.03. The van der Waals surface area contributed by atoms with Gasteiger partial charge < -0.3 is 10.0 Å². The summed E-state index contributed by atoms with van der Waals surface area (Å²) in [5.74, 6) is 1.63. The summed E-state index contributed by atoms with van der Waals surface area (Å²) in [5, 5.41) is 10.3. The molecule has 0 amide bonds. The van der Waals surface area contributed by atoms with E-state index in [0.29, 0.717) is 5.92 Å². The van der Waals surface area contributed by atoms with Crippen molar-refractivity contribution in [3.63, 3.8) is 0 Å². The smallest absolute Gasteiger partial charge is 0.135 e. The van der Waals surface area contributed by atoms with E-state index in [-0.39, 0.29) is 0 Å². The monoisotopic (exact) mass is 231 g/mol. The zero-order chi connectivity index (χ0) is 11.5. The average molecular weight is 231 g/mol. The fourth-order valence-electron chi connectivity index (χ4n) is 3.26. The number of aliphatic hydroxyl groups is 1. The van der Waals surface area contributed by atoms with Crippen LogP contribution in [0, 0.1) is 5.92 Å². The minimum atomic E-state index is -0.420. The molecule has 1 aromatic rings. The first-order chi connectivity index (χ1) is 8.26. The van der Waals surface area contributed by atoms with Gasteiger partial charge >= 0.3 is 0 Å². The summed E-state index contributed by atoms with van der Waals surface area (Å²) in [6.45, 7) is 1.53. The predicted molar refractivity (Wildman–Crippen MR) is 63.9 cm³/mol. The lowest BCUT2D eigenvalue weighted by molar-refractivity contribution is -0.00983. The van der Waals surface area contributed by atoms with Crippen LogP contribution < -0.4 is 4.90 Å². The molecule has 0 atom stereocenters. The molecule has 1 saturated carbocycles. The van der Waals surface area contributed by atoms with E-state index >= 15 is 0 Å². The first-order valence-electron chi connectivity index (χ1n) is 6.56. The molecule has 2 heterocycles. The number of nitrogens with zero attached hydrogens (tertiary/aromatic N) is 3. The third kappa shape index (κ3) is 1.40. The van der Waals surface area contributed by atoms with Crippen molar-refractivity contribution in [2.75, 3.05) is 18.0 Å². The van der Waals surface area contributed by atoms with Gasteiger partial charge in [-0.2, -0.15) is 0 Å². The number of hydrogen-bond acceptors (Lipinski definition) is 4. The van der Waals surface area contributed by atoms with Crippen molar-refractivity contribution >= 4 is 5.82 Å². The number of hydrogen-bond donors (Lipinski definition) is 1. The van der Waals surface area contributed by atoms with Gasteiger partial charge in [0.1, 0.15) is 17.7 Å². The van der Waals surface area contributed by atoms with Crippen LogP contribution in [0.15, 0.2) is 6.33 Å². The lowest BCUT2D eigenvalue weighted by Crippen LogP contribution is -2.63. The Labute approximate surface area is 101 Å². The second-order valence-corrected chi connectivity index (χ2v) is 5.71. The van der Waals surface area contributed by atoms with Crippen LogP contribution in [-0.4, -0.2) is 33.8 Å². The van der Waals surface area contributed by atoms with Gasteiger partial charge in [0, 0.05) is 11.3 Å². The Morgan fingerprint density at radius 1 is 1.24 bits per heavy atom. The van der Waals surface area contributed by atoms with Crippen molar-refractivity contribution in [1.82, 2.24) is 9.97 Å². The highest BCUT2D eigenvalue weighted by molar-refractivity contribution is 5.53. The van der Waals surface area contributed by atoms with Gasteiger partial charge in [-0.1, -0.05) is 0 Å². The Balaban J connectivity index is 1.59. The normalized spacial score (nSPS) is 25.6. The van der Waals surface area contributed by atoms with Crippen LogP contribution >= 0.6 is 0 Å². The molecule has 4 nitrogen and oxygen atoms in total. The Morgan fingerprint density at radius 2 is 2.06 bits per heavy atom. The van der Waals surface area contributed by atoms with E-state index in [1.165, 1.54) is 30.5 Å². The van der Waals surface area contributed by atoms with Gasteiger partial charge in [-0.05, 0) is 38.0 Å². The van der Waals surface area contributed by atoms with E-state index < -0.39 is 5.60 Å². The standard InChI is InChI=1S/C13H17N3O/c17-13(9-4-5-9)6-16(7-13)12-10-2-1-3-11(10)14-8-15-12/h8-9,17H,1-7H2. The third-order valence-corrected chi connectivity index (χ3v) is 4.42. The van der Waals surface area contributed by atoms with E-state index in [4.69, 9.17) is 0 Å². The summed E-state index contributed by atoms with van der Waals surface area (Å²) in [6, 6.07) is 0. The van der Waals surface area contributed by atoms with Crippen molar-refractivity contribution < 1.29 is 5.11 Å². The molecule has 0 spiro atoms. The molecule has 0 radical (unpaired) electrons. The lowest BCUT2D eigenvalue weighted by Gasteiger charge is -2.48. The van der Waals surface area contributed by atoms with Gasteiger partial charge in [0.25, 0.3) is 0 Å². The van der Waals surface area contributed by atoms with Gasteiger partial charge in [0.05, 0.1) is 13.1 Å². The summed E-state index contributed by atoms with van der Waals surface area (Å²) in [5.41, 5.74) is 2.12. The van der Waals surface area contributed by atoms with E-state index in [9.17, 15) is 5.11 Å². The summed E-state index contributed by atoms with van der Waals surface area (Å²) in [6.07, 6.45) is 7.46. The molecular formula is C13H17N3O. The number of β-amino-alcohol motifs (C(OH)–C–C–N with tert-alkyl or cyclic N) is 1. The maximum Gasteiger partial charge on any atom is 0.135 e. The molecule has 4 heteroatoms. The van der Waals surface area contributed by atoms with Gasteiger partial charge in [0.2, 0.25) is 0 Å². The fourth-order valence-corrected chi connectivity index (χ4v) is 3.26. The van der Waals surface area contributed by atoms with Crippen molar-refractivity contribution in [3.05, 3.63) is 17.6 Å². The highest BCUT2D eigenvalue weighted by atomic mass is 16.3. The molecule has 0 unspecified atom stereocenters. The summed E-state index contributed by atoms with van der Waals surface area (Å²) < 4.78 is 0. The van der Waals surface area contributed by atoms with Gasteiger partial charge in [-0.3, -0.25) is 0 Å². The van der Waals surface area contributed by atoms with E-state index in [1.54, 1.807) is 6.33 Å². The molecule has 3 aliphatic rings. The van der Waals surface area contributed by atoms with Crippen LogP contribution in [0.25, 0.3) is 0 Å². The maximum atomic E-state index is 10.3. The lowest BCUT2D eigenvalue weighted by atomic mass is 9.88. The van der Waals surface area contributed by atoms with E-state index in [0.717, 1.165) is 31.7 Å². The van der Waals surface area contributed by atoms with Crippen molar-refractivity contribution in [2.24, 2.45) is 5.92 Å². The minimum Gasteiger partial charge on any atom is -0.386 e. The van der Waals surface area contributed by atoms with Gasteiger partial charge in [0.15, 0.2) is 0 Å². The number of anilines is 1. The van der Waals surface area contributed by atoms with Gasteiger partial charge in [-0.25, -0.2) is 9.97 Å². The zero-order valence-corrected chi connectivity index (χ0v) is 9.89. The molecule has 1 saturated heterocycles. The number of aromatic nitrogens is 2. The molecule has 0 bridgehead atoms. The quantitative estimate of drug-likeness (QED) is 0.822. The Bertz CT molecular complexity index is 464. The fraction of sp³-hybridized carbons (Fsp3) is 0.692. The topological polar surface area (TPSA) is 49.2 Å². The molecule has 17 heavy (non-hydrogen) atoms. The van der Waals surface area contributed by atoms with Crippen LogP contribution in [0.3, 0.4) is 0 Å². The molecule has 4 rings (SSSR count). The summed E-state index contributed by atoms with van der Waals surface area (Å²) in [7, 11) is 0. The van der Waals surface area contributed by atoms with Crippen molar-refractivity contribution in [3.8, 4) is 0 Å². The van der Waals surface area contributed by atoms with Gasteiger partial charge in [-0.15, -0.1) is 0 Å². The second kappa shape index (κ2) is 3.19. The minimum absolute atomic E-state index is 0.420. The third-order valence-electron chi connectivity index (χ3n) is 4.42. The van der Waals surface area contributed by atoms with Crippen molar-refractivity contribution in [1.29, 1.82) is 0 Å². The maximum absolute atomic E-state index is 10.3. The molecule has 1 aliphatic heterocycles. The van der Waals surface area contributed by atoms with Crippen LogP contribution in [0.5, 0.6) is 0 Å². The highest BCUT2D eigenvalue weighted by Gasteiger charge is 2.52. The zero-order valence-electron chi connectivity index (χ0n) is 9.89. The summed E-state index contributed by atoms with van der Waals surface area (Å²) >= 11 is 0. The Hall–Kier alpha value is -1.16. The molecular weight excluding hydrogens is 214 g/mol. The number of fused-ring (bicyclic) bond motifs is 1. The van der Waals surface area contributed by atoms with Crippen LogP contribution in [0.1, 0.15) is 30.5 Å². The van der Waals surface area contributed by atoms with E-state index in [1.807, 2.05) is 0 Å².